The maximum atomic E-state index is 13.3. The number of hydrogen-bond acceptors (Lipinski definition) is 4. The summed E-state index contributed by atoms with van der Waals surface area (Å²) in [6.07, 6.45) is 2.85. The van der Waals surface area contributed by atoms with Crippen LogP contribution in [0.5, 0.6) is 0 Å². The number of amides is 1. The van der Waals surface area contributed by atoms with Crippen molar-refractivity contribution in [1.29, 1.82) is 0 Å². The minimum absolute atomic E-state index is 0.0374. The predicted octanol–water partition coefficient (Wildman–Crippen LogP) is 3.31. The maximum Gasteiger partial charge on any atom is 0.265 e. The van der Waals surface area contributed by atoms with E-state index in [-0.39, 0.29) is 15.8 Å². The number of rotatable bonds is 6. The summed E-state index contributed by atoms with van der Waals surface area (Å²) in [6.45, 7) is 5.05. The van der Waals surface area contributed by atoms with Crippen molar-refractivity contribution in [2.45, 2.75) is 37.1 Å². The molecule has 4 rings (SSSR count). The molecule has 6 nitrogen and oxygen atoms in total. The van der Waals surface area contributed by atoms with Gasteiger partial charge in [-0.25, -0.2) is 8.42 Å². The summed E-state index contributed by atoms with van der Waals surface area (Å²) in [5.41, 5.74) is 1.96. The molecule has 1 unspecified atom stereocenters. The Morgan fingerprint density at radius 1 is 1.20 bits per heavy atom. The summed E-state index contributed by atoms with van der Waals surface area (Å²) < 4.78 is 28.1. The molecule has 0 radical (unpaired) electrons. The van der Waals surface area contributed by atoms with Gasteiger partial charge in [0.15, 0.2) is 0 Å². The second-order valence-corrected chi connectivity index (χ2v) is 9.97. The second-order valence-electron chi connectivity index (χ2n) is 7.74. The molecule has 2 aromatic carbocycles. The number of likely N-dealkylation sites (N-methyl/N-ethyl adjacent to an activating group) is 1. The first-order valence-corrected chi connectivity index (χ1v) is 12.2. The Balaban J connectivity index is 1.55. The summed E-state index contributed by atoms with van der Waals surface area (Å²) in [4.78, 5) is 15.0. The number of nitrogens with zero attached hydrogens (tertiary/aromatic N) is 2. The second kappa shape index (κ2) is 8.57. The van der Waals surface area contributed by atoms with Gasteiger partial charge in [-0.15, -0.1) is 0 Å². The summed E-state index contributed by atoms with van der Waals surface area (Å²) >= 11 is 6.27. The Labute approximate surface area is 182 Å². The van der Waals surface area contributed by atoms with E-state index in [1.807, 2.05) is 18.2 Å². The van der Waals surface area contributed by atoms with E-state index in [9.17, 15) is 13.2 Å². The maximum absolute atomic E-state index is 13.3. The third-order valence-electron chi connectivity index (χ3n) is 6.01. The van der Waals surface area contributed by atoms with Gasteiger partial charge in [-0.1, -0.05) is 36.7 Å². The van der Waals surface area contributed by atoms with Gasteiger partial charge in [0.25, 0.3) is 15.9 Å². The molecule has 0 spiro atoms. The van der Waals surface area contributed by atoms with Gasteiger partial charge < -0.3 is 5.32 Å². The number of anilines is 1. The Morgan fingerprint density at radius 3 is 2.80 bits per heavy atom. The van der Waals surface area contributed by atoms with Gasteiger partial charge in [-0.2, -0.15) is 0 Å². The third kappa shape index (κ3) is 3.94. The molecular weight excluding hydrogens is 422 g/mol. The highest BCUT2D eigenvalue weighted by Gasteiger charge is 2.32. The highest BCUT2D eigenvalue weighted by molar-refractivity contribution is 7.93. The molecule has 1 atom stereocenters. The first kappa shape index (κ1) is 21.2. The average Bonchev–Trinajstić information content (AvgIpc) is 3.39. The molecule has 160 valence electrons. The molecule has 2 aliphatic rings. The van der Waals surface area contributed by atoms with Gasteiger partial charge in [-0.05, 0) is 62.2 Å². The molecule has 0 aliphatic carbocycles. The SMILES string of the molecule is CCN1CCCC1CNC(=O)c1ccc(Cl)c(S(=O)(=O)N2CCc3ccccc32)c1. The number of likely N-dealkylation sites (tertiary alicyclic amines) is 1. The quantitative estimate of drug-likeness (QED) is 0.737. The van der Waals surface area contributed by atoms with Gasteiger partial charge in [0, 0.05) is 24.7 Å². The molecular formula is C22H26ClN3O3S. The average molecular weight is 448 g/mol. The number of benzene rings is 2. The van der Waals surface area contributed by atoms with Crippen LogP contribution in [0.4, 0.5) is 5.69 Å². The minimum Gasteiger partial charge on any atom is -0.350 e. The smallest absolute Gasteiger partial charge is 0.265 e. The van der Waals surface area contributed by atoms with Crippen molar-refractivity contribution in [2.24, 2.45) is 0 Å². The number of carbonyl (C=O) groups excluding carboxylic acids is 1. The van der Waals surface area contributed by atoms with E-state index in [0.717, 1.165) is 31.5 Å². The fraction of sp³-hybridized carbons (Fsp3) is 0.409. The molecule has 1 fully saturated rings. The number of para-hydroxylation sites is 1. The molecule has 1 saturated heterocycles. The molecule has 2 heterocycles. The number of fused-ring (bicyclic) bond motifs is 1. The summed E-state index contributed by atoms with van der Waals surface area (Å²) in [5.74, 6) is -0.284. The molecule has 2 aromatic rings. The van der Waals surface area contributed by atoms with Crippen LogP contribution in [0.15, 0.2) is 47.4 Å². The molecule has 0 bridgehead atoms. The van der Waals surface area contributed by atoms with Crippen LogP contribution in [0.3, 0.4) is 0 Å². The van der Waals surface area contributed by atoms with E-state index in [0.29, 0.717) is 36.8 Å². The van der Waals surface area contributed by atoms with Crippen molar-refractivity contribution in [3.63, 3.8) is 0 Å². The molecule has 30 heavy (non-hydrogen) atoms. The molecule has 1 N–H and O–H groups in total. The van der Waals surface area contributed by atoms with E-state index < -0.39 is 10.0 Å². The van der Waals surface area contributed by atoms with Gasteiger partial charge in [0.1, 0.15) is 4.90 Å². The Kier molecular flexibility index (Phi) is 6.04. The lowest BCUT2D eigenvalue weighted by Gasteiger charge is -2.23. The lowest BCUT2D eigenvalue weighted by Crippen LogP contribution is -2.40. The largest absolute Gasteiger partial charge is 0.350 e. The highest BCUT2D eigenvalue weighted by Crippen LogP contribution is 2.35. The third-order valence-corrected chi connectivity index (χ3v) is 8.30. The number of nitrogens with one attached hydrogen (secondary N) is 1. The lowest BCUT2D eigenvalue weighted by molar-refractivity contribution is 0.0941. The predicted molar refractivity (Wildman–Crippen MR) is 119 cm³/mol. The molecule has 0 saturated carbocycles. The normalized spacial score (nSPS) is 19.1. The molecule has 1 amide bonds. The number of sulfonamides is 1. The number of halogens is 1. The van der Waals surface area contributed by atoms with E-state index in [1.165, 1.54) is 16.4 Å². The molecule has 2 aliphatic heterocycles. The van der Waals surface area contributed by atoms with Crippen LogP contribution in [-0.2, 0) is 16.4 Å². The van der Waals surface area contributed by atoms with Gasteiger partial charge in [0.2, 0.25) is 0 Å². The monoisotopic (exact) mass is 447 g/mol. The lowest BCUT2D eigenvalue weighted by atomic mass is 10.2. The summed E-state index contributed by atoms with van der Waals surface area (Å²) in [7, 11) is -3.87. The fourth-order valence-electron chi connectivity index (χ4n) is 4.37. The van der Waals surface area contributed by atoms with Crippen LogP contribution in [0.2, 0.25) is 5.02 Å². The topological polar surface area (TPSA) is 69.7 Å². The van der Waals surface area contributed by atoms with Crippen molar-refractivity contribution >= 4 is 33.2 Å². The van der Waals surface area contributed by atoms with Crippen LogP contribution in [0, 0.1) is 0 Å². The summed E-state index contributed by atoms with van der Waals surface area (Å²) in [5, 5.41) is 3.07. The Hall–Kier alpha value is -2.09. The number of carbonyl (C=O) groups is 1. The van der Waals surface area contributed by atoms with Crippen molar-refractivity contribution in [2.75, 3.05) is 30.5 Å². The standard InChI is InChI=1S/C22H26ClN3O3S/c1-2-25-12-5-7-18(25)15-24-22(27)17-9-10-19(23)21(14-17)30(28,29)26-13-11-16-6-3-4-8-20(16)26/h3-4,6,8-10,14,18H,2,5,7,11-13,15H2,1H3,(H,24,27). The van der Waals surface area contributed by atoms with Crippen molar-refractivity contribution in [3.8, 4) is 0 Å². The summed E-state index contributed by atoms with van der Waals surface area (Å²) in [6, 6.07) is 12.2. The highest BCUT2D eigenvalue weighted by atomic mass is 35.5. The Bertz CT molecular complexity index is 1060. The van der Waals surface area contributed by atoms with Crippen LogP contribution >= 0.6 is 11.6 Å². The molecule has 0 aromatic heterocycles. The minimum atomic E-state index is -3.87. The van der Waals surface area contributed by atoms with Crippen LogP contribution in [0.1, 0.15) is 35.7 Å². The van der Waals surface area contributed by atoms with E-state index >= 15 is 0 Å². The van der Waals surface area contributed by atoms with Crippen molar-refractivity contribution < 1.29 is 13.2 Å². The molecule has 8 heteroatoms. The zero-order chi connectivity index (χ0) is 21.3. The zero-order valence-corrected chi connectivity index (χ0v) is 18.5. The number of hydrogen-bond donors (Lipinski definition) is 1. The van der Waals surface area contributed by atoms with Crippen LogP contribution in [0.25, 0.3) is 0 Å². The first-order chi connectivity index (χ1) is 14.4. The van der Waals surface area contributed by atoms with E-state index in [4.69, 9.17) is 11.6 Å². The van der Waals surface area contributed by atoms with Crippen molar-refractivity contribution in [1.82, 2.24) is 10.2 Å². The fourth-order valence-corrected chi connectivity index (χ4v) is 6.38. The van der Waals surface area contributed by atoms with E-state index in [2.05, 4.69) is 17.1 Å². The Morgan fingerprint density at radius 2 is 2.00 bits per heavy atom. The van der Waals surface area contributed by atoms with Crippen LogP contribution in [-0.4, -0.2) is 51.4 Å². The van der Waals surface area contributed by atoms with E-state index in [1.54, 1.807) is 12.1 Å². The van der Waals surface area contributed by atoms with Crippen molar-refractivity contribution in [3.05, 3.63) is 58.6 Å². The zero-order valence-electron chi connectivity index (χ0n) is 17.0. The van der Waals surface area contributed by atoms with Crippen LogP contribution < -0.4 is 9.62 Å². The first-order valence-electron chi connectivity index (χ1n) is 10.3. The van der Waals surface area contributed by atoms with Gasteiger partial charge in [-0.3, -0.25) is 14.0 Å². The van der Waals surface area contributed by atoms with Gasteiger partial charge in [0.05, 0.1) is 10.7 Å². The van der Waals surface area contributed by atoms with Gasteiger partial charge >= 0.3 is 0 Å².